The van der Waals surface area contributed by atoms with Gasteiger partial charge in [0.05, 0.1) is 11.8 Å². The minimum atomic E-state index is -0.460. The minimum absolute atomic E-state index is 0.00726. The molecule has 23 heavy (non-hydrogen) atoms. The molecule has 1 amide bonds. The molecule has 5 N–H and O–H groups in total. The van der Waals surface area contributed by atoms with Gasteiger partial charge in [-0.1, -0.05) is 0 Å². The second-order valence-electron chi connectivity index (χ2n) is 5.33. The zero-order chi connectivity index (χ0) is 16.4. The molecule has 0 fully saturated rings. The first-order chi connectivity index (χ1) is 11.1. The average molecular weight is 316 g/mol. The maximum Gasteiger partial charge on any atom is 0.292 e. The first kappa shape index (κ1) is 14.9. The summed E-state index contributed by atoms with van der Waals surface area (Å²) in [6.07, 6.45) is 4.88. The van der Waals surface area contributed by atoms with Gasteiger partial charge in [-0.25, -0.2) is 5.43 Å². The maximum atomic E-state index is 12.1. The predicted molar refractivity (Wildman–Crippen MR) is 81.7 cm³/mol. The predicted octanol–water partition coefficient (Wildman–Crippen LogP) is 1.17. The summed E-state index contributed by atoms with van der Waals surface area (Å²) in [4.78, 5) is 12.1. The molecule has 0 unspecified atom stereocenters. The lowest BCUT2D eigenvalue weighted by atomic mass is 9.96. The van der Waals surface area contributed by atoms with Gasteiger partial charge in [-0.05, 0) is 25.7 Å². The molecule has 1 aliphatic rings. The average Bonchev–Trinajstić information content (AvgIpc) is 2.93. The zero-order valence-electron chi connectivity index (χ0n) is 12.2. The number of hydrogen-bond donors (Lipinski definition) is 5. The Labute approximate surface area is 131 Å². The van der Waals surface area contributed by atoms with E-state index in [1.165, 1.54) is 0 Å². The van der Waals surface area contributed by atoms with Gasteiger partial charge in [-0.2, -0.15) is 10.2 Å². The van der Waals surface area contributed by atoms with E-state index >= 15 is 0 Å². The van der Waals surface area contributed by atoms with Gasteiger partial charge >= 0.3 is 0 Å². The number of aromatic hydroxyl groups is 3. The summed E-state index contributed by atoms with van der Waals surface area (Å²) in [5, 5.41) is 39.1. The van der Waals surface area contributed by atoms with Crippen LogP contribution in [-0.2, 0) is 12.8 Å². The van der Waals surface area contributed by atoms with Gasteiger partial charge in [-0.15, -0.1) is 0 Å². The minimum Gasteiger partial charge on any atom is -0.508 e. The smallest absolute Gasteiger partial charge is 0.292 e. The third-order valence-electron chi connectivity index (χ3n) is 3.75. The number of nitrogens with one attached hydrogen (secondary N) is 2. The van der Waals surface area contributed by atoms with E-state index in [0.29, 0.717) is 5.69 Å². The van der Waals surface area contributed by atoms with Crippen LogP contribution >= 0.6 is 0 Å². The van der Waals surface area contributed by atoms with Crippen molar-refractivity contribution in [2.24, 2.45) is 5.10 Å². The van der Waals surface area contributed by atoms with Gasteiger partial charge in [0.2, 0.25) is 0 Å². The molecule has 0 radical (unpaired) electrons. The molecule has 2 aromatic rings. The van der Waals surface area contributed by atoms with Crippen LogP contribution in [0.1, 0.15) is 40.2 Å². The summed E-state index contributed by atoms with van der Waals surface area (Å²) < 4.78 is 0. The zero-order valence-corrected chi connectivity index (χ0v) is 12.2. The van der Waals surface area contributed by atoms with E-state index in [0.717, 1.165) is 55.3 Å². The third kappa shape index (κ3) is 2.96. The number of carbonyl (C=O) groups is 1. The SMILES string of the molecule is O=C(N/N=C/c1c(O)cc(O)cc1O)c1n[nH]c2c1CCCC2. The molecule has 0 saturated heterocycles. The Morgan fingerprint density at radius 2 is 1.91 bits per heavy atom. The van der Waals surface area contributed by atoms with Crippen LogP contribution in [0.15, 0.2) is 17.2 Å². The number of benzene rings is 1. The normalized spacial score (nSPS) is 13.9. The monoisotopic (exact) mass is 316 g/mol. The molecule has 0 aliphatic heterocycles. The van der Waals surface area contributed by atoms with Crippen molar-refractivity contribution >= 4 is 12.1 Å². The van der Waals surface area contributed by atoms with Gasteiger partial charge in [-0.3, -0.25) is 9.89 Å². The fourth-order valence-electron chi connectivity index (χ4n) is 2.62. The molecular formula is C15H16N4O4. The van der Waals surface area contributed by atoms with E-state index in [4.69, 9.17) is 0 Å². The molecule has 3 rings (SSSR count). The molecule has 0 atom stereocenters. The molecule has 1 heterocycles. The van der Waals surface area contributed by atoms with Crippen LogP contribution in [0.4, 0.5) is 0 Å². The van der Waals surface area contributed by atoms with Gasteiger partial charge < -0.3 is 15.3 Å². The van der Waals surface area contributed by atoms with E-state index in [2.05, 4.69) is 20.7 Å². The Kier molecular flexibility index (Phi) is 3.88. The summed E-state index contributed by atoms with van der Waals surface area (Å²) in [7, 11) is 0. The number of H-pyrrole nitrogens is 1. The maximum absolute atomic E-state index is 12.1. The number of hydrogen-bond acceptors (Lipinski definition) is 6. The molecule has 1 aromatic carbocycles. The second-order valence-corrected chi connectivity index (χ2v) is 5.33. The molecule has 0 bridgehead atoms. The van der Waals surface area contributed by atoms with E-state index in [-0.39, 0.29) is 22.8 Å². The van der Waals surface area contributed by atoms with E-state index < -0.39 is 5.91 Å². The molecule has 120 valence electrons. The number of aromatic amines is 1. The van der Waals surface area contributed by atoms with Crippen molar-refractivity contribution in [3.8, 4) is 17.2 Å². The highest BCUT2D eigenvalue weighted by atomic mass is 16.3. The summed E-state index contributed by atoms with van der Waals surface area (Å²) in [6, 6.07) is 2.12. The van der Waals surface area contributed by atoms with Crippen molar-refractivity contribution in [1.82, 2.24) is 15.6 Å². The number of amides is 1. The molecule has 0 spiro atoms. The lowest BCUT2D eigenvalue weighted by molar-refractivity contribution is 0.0949. The molecular weight excluding hydrogens is 300 g/mol. The standard InChI is InChI=1S/C15H16N4O4/c20-8-5-12(21)10(13(22)6-8)7-16-19-15(23)14-9-3-1-2-4-11(9)17-18-14/h5-7,20-22H,1-4H2,(H,17,18)(H,19,23)/b16-7+. The van der Waals surface area contributed by atoms with E-state index in [1.54, 1.807) is 0 Å². The van der Waals surface area contributed by atoms with E-state index in [9.17, 15) is 20.1 Å². The van der Waals surface area contributed by atoms with Crippen LogP contribution in [0.25, 0.3) is 0 Å². The lowest BCUT2D eigenvalue weighted by Crippen LogP contribution is -2.20. The van der Waals surface area contributed by atoms with Crippen LogP contribution in [0.5, 0.6) is 17.2 Å². The third-order valence-corrected chi connectivity index (χ3v) is 3.75. The largest absolute Gasteiger partial charge is 0.508 e. The van der Waals surface area contributed by atoms with Crippen LogP contribution in [-0.4, -0.2) is 37.6 Å². The summed E-state index contributed by atoms with van der Waals surface area (Å²) in [5.74, 6) is -1.43. The molecule has 8 heteroatoms. The van der Waals surface area contributed by atoms with Gasteiger partial charge in [0.15, 0.2) is 5.69 Å². The number of nitrogens with zero attached hydrogens (tertiary/aromatic N) is 2. The van der Waals surface area contributed by atoms with Crippen LogP contribution in [0.3, 0.4) is 0 Å². The quantitative estimate of drug-likeness (QED) is 0.428. The van der Waals surface area contributed by atoms with Crippen molar-refractivity contribution in [2.75, 3.05) is 0 Å². The van der Waals surface area contributed by atoms with Gasteiger partial charge in [0.25, 0.3) is 5.91 Å². The van der Waals surface area contributed by atoms with Crippen molar-refractivity contribution in [2.45, 2.75) is 25.7 Å². The molecule has 1 aliphatic carbocycles. The van der Waals surface area contributed by atoms with Crippen molar-refractivity contribution in [3.05, 3.63) is 34.6 Å². The number of fused-ring (bicyclic) bond motifs is 1. The Morgan fingerprint density at radius 1 is 1.22 bits per heavy atom. The second kappa shape index (κ2) is 5.99. The molecule has 1 aromatic heterocycles. The lowest BCUT2D eigenvalue weighted by Gasteiger charge is -2.10. The Morgan fingerprint density at radius 3 is 2.65 bits per heavy atom. The molecule has 8 nitrogen and oxygen atoms in total. The first-order valence-electron chi connectivity index (χ1n) is 7.20. The Balaban J connectivity index is 1.73. The number of aromatic nitrogens is 2. The number of phenols is 3. The number of aryl methyl sites for hydroxylation is 1. The van der Waals surface area contributed by atoms with Crippen molar-refractivity contribution < 1.29 is 20.1 Å². The van der Waals surface area contributed by atoms with Crippen LogP contribution < -0.4 is 5.43 Å². The Bertz CT molecular complexity index is 759. The van der Waals surface area contributed by atoms with Gasteiger partial charge in [0, 0.05) is 23.4 Å². The first-order valence-corrected chi connectivity index (χ1v) is 7.20. The number of carbonyl (C=O) groups excluding carboxylic acids is 1. The number of rotatable bonds is 3. The summed E-state index contributed by atoms with van der Waals surface area (Å²) in [5.41, 5.74) is 4.53. The van der Waals surface area contributed by atoms with Crippen molar-refractivity contribution in [1.29, 1.82) is 0 Å². The highest BCUT2D eigenvalue weighted by Gasteiger charge is 2.21. The topological polar surface area (TPSA) is 131 Å². The van der Waals surface area contributed by atoms with Gasteiger partial charge in [0.1, 0.15) is 17.2 Å². The summed E-state index contributed by atoms with van der Waals surface area (Å²) in [6.45, 7) is 0. The number of phenolic OH excluding ortho intramolecular Hbond substituents is 3. The summed E-state index contributed by atoms with van der Waals surface area (Å²) >= 11 is 0. The number of hydrazone groups is 1. The highest BCUT2D eigenvalue weighted by Crippen LogP contribution is 2.30. The fourth-order valence-corrected chi connectivity index (χ4v) is 2.62. The van der Waals surface area contributed by atoms with Crippen LogP contribution in [0.2, 0.25) is 0 Å². The Hall–Kier alpha value is -3.03. The highest BCUT2D eigenvalue weighted by molar-refractivity contribution is 5.95. The van der Waals surface area contributed by atoms with E-state index in [1.807, 2.05) is 0 Å². The van der Waals surface area contributed by atoms with Crippen LogP contribution in [0, 0.1) is 0 Å². The fraction of sp³-hybridized carbons (Fsp3) is 0.267. The molecule has 0 saturated carbocycles. The van der Waals surface area contributed by atoms with Crippen molar-refractivity contribution in [3.63, 3.8) is 0 Å².